The summed E-state index contributed by atoms with van der Waals surface area (Å²) in [7, 11) is 1.27. The van der Waals surface area contributed by atoms with Crippen molar-refractivity contribution >= 4 is 5.97 Å². The van der Waals surface area contributed by atoms with Gasteiger partial charge in [0.05, 0.1) is 20.3 Å². The molecule has 5 heteroatoms. The highest BCUT2D eigenvalue weighted by Crippen LogP contribution is 1.99. The molecule has 1 saturated heterocycles. The Hall–Kier alpha value is -0.650. The van der Waals surface area contributed by atoms with E-state index in [0.29, 0.717) is 19.8 Å². The van der Waals surface area contributed by atoms with Crippen LogP contribution in [0.1, 0.15) is 0 Å². The molecule has 0 aromatic heterocycles. The summed E-state index contributed by atoms with van der Waals surface area (Å²) in [6.45, 7) is 3.17. The number of rotatable bonds is 3. The maximum Gasteiger partial charge on any atom is 0.336 e. The fourth-order valence-corrected chi connectivity index (χ4v) is 1.24. The average Bonchev–Trinajstić information content (AvgIpc) is 2.18. The van der Waals surface area contributed by atoms with Crippen LogP contribution in [0.15, 0.2) is 0 Å². The number of hydrogen-bond donors (Lipinski definition) is 1. The van der Waals surface area contributed by atoms with Gasteiger partial charge in [0.2, 0.25) is 0 Å². The van der Waals surface area contributed by atoms with E-state index in [-0.39, 0.29) is 0 Å². The third kappa shape index (κ3) is 3.30. The van der Waals surface area contributed by atoms with Crippen LogP contribution in [0.4, 0.5) is 0 Å². The first-order valence-corrected chi connectivity index (χ1v) is 4.30. The van der Waals surface area contributed by atoms with Gasteiger partial charge in [0, 0.05) is 19.6 Å². The van der Waals surface area contributed by atoms with Crippen molar-refractivity contribution in [3.8, 4) is 0 Å². The number of morpholine rings is 1. The molecule has 0 aliphatic carbocycles. The summed E-state index contributed by atoms with van der Waals surface area (Å²) < 4.78 is 9.54. The SMILES string of the molecule is COC(=O)C(O)CN1CCOCC1. The lowest BCUT2D eigenvalue weighted by Crippen LogP contribution is -2.43. The van der Waals surface area contributed by atoms with Crippen LogP contribution in [0.25, 0.3) is 0 Å². The normalized spacial score (nSPS) is 21.1. The van der Waals surface area contributed by atoms with Gasteiger partial charge in [-0.1, -0.05) is 0 Å². The van der Waals surface area contributed by atoms with E-state index in [1.165, 1.54) is 7.11 Å². The Morgan fingerprint density at radius 1 is 1.62 bits per heavy atom. The molecule has 0 aromatic carbocycles. The number of esters is 1. The smallest absolute Gasteiger partial charge is 0.336 e. The fourth-order valence-electron chi connectivity index (χ4n) is 1.24. The van der Waals surface area contributed by atoms with Gasteiger partial charge in [0.15, 0.2) is 6.10 Å². The quantitative estimate of drug-likeness (QED) is 0.568. The summed E-state index contributed by atoms with van der Waals surface area (Å²) in [5, 5.41) is 9.31. The summed E-state index contributed by atoms with van der Waals surface area (Å²) in [6, 6.07) is 0. The minimum absolute atomic E-state index is 0.329. The van der Waals surface area contributed by atoms with Crippen molar-refractivity contribution in [3.63, 3.8) is 0 Å². The second-order valence-corrected chi connectivity index (χ2v) is 2.95. The van der Waals surface area contributed by atoms with Gasteiger partial charge in [-0.2, -0.15) is 0 Å². The number of carbonyl (C=O) groups excluding carboxylic acids is 1. The van der Waals surface area contributed by atoms with Crippen molar-refractivity contribution in [1.29, 1.82) is 0 Å². The Morgan fingerprint density at radius 2 is 2.23 bits per heavy atom. The van der Waals surface area contributed by atoms with E-state index < -0.39 is 12.1 Å². The minimum Gasteiger partial charge on any atom is -0.467 e. The molecule has 0 radical (unpaired) electrons. The van der Waals surface area contributed by atoms with E-state index in [1.54, 1.807) is 0 Å². The van der Waals surface area contributed by atoms with E-state index in [2.05, 4.69) is 4.74 Å². The summed E-state index contributed by atoms with van der Waals surface area (Å²) in [4.78, 5) is 12.8. The van der Waals surface area contributed by atoms with Crippen LogP contribution in [0, 0.1) is 0 Å². The van der Waals surface area contributed by atoms with E-state index >= 15 is 0 Å². The summed E-state index contributed by atoms with van der Waals surface area (Å²) in [6.07, 6.45) is -1.04. The van der Waals surface area contributed by atoms with Gasteiger partial charge in [0.25, 0.3) is 0 Å². The zero-order chi connectivity index (χ0) is 9.68. The van der Waals surface area contributed by atoms with Crippen LogP contribution in [-0.4, -0.2) is 62.0 Å². The number of hydrogen-bond acceptors (Lipinski definition) is 5. The zero-order valence-electron chi connectivity index (χ0n) is 7.73. The molecule has 1 aliphatic rings. The predicted octanol–water partition coefficient (Wildman–Crippen LogP) is -1.15. The van der Waals surface area contributed by atoms with Gasteiger partial charge in [-0.15, -0.1) is 0 Å². The van der Waals surface area contributed by atoms with Crippen molar-refractivity contribution in [3.05, 3.63) is 0 Å². The minimum atomic E-state index is -1.04. The number of nitrogens with zero attached hydrogens (tertiary/aromatic N) is 1. The van der Waals surface area contributed by atoms with Crippen LogP contribution >= 0.6 is 0 Å². The fraction of sp³-hybridized carbons (Fsp3) is 0.875. The molecule has 1 fully saturated rings. The standard InChI is InChI=1S/C8H15NO4/c1-12-8(11)7(10)6-9-2-4-13-5-3-9/h7,10H,2-6H2,1H3. The monoisotopic (exact) mass is 189 g/mol. The molecular formula is C8H15NO4. The Balaban J connectivity index is 2.25. The molecule has 0 saturated carbocycles. The van der Waals surface area contributed by atoms with E-state index in [4.69, 9.17) is 4.74 Å². The molecule has 1 unspecified atom stereocenters. The lowest BCUT2D eigenvalue weighted by atomic mass is 10.3. The molecule has 76 valence electrons. The molecule has 0 bridgehead atoms. The zero-order valence-corrected chi connectivity index (χ0v) is 7.73. The van der Waals surface area contributed by atoms with Crippen LogP contribution in [0.2, 0.25) is 0 Å². The lowest BCUT2D eigenvalue weighted by Gasteiger charge is -2.27. The molecule has 5 nitrogen and oxygen atoms in total. The number of methoxy groups -OCH3 is 1. The number of ether oxygens (including phenoxy) is 2. The van der Waals surface area contributed by atoms with Crippen LogP contribution < -0.4 is 0 Å². The average molecular weight is 189 g/mol. The Morgan fingerprint density at radius 3 is 2.77 bits per heavy atom. The Labute approximate surface area is 77.2 Å². The summed E-state index contributed by atoms with van der Waals surface area (Å²) in [5.74, 6) is -0.577. The maximum absolute atomic E-state index is 10.9. The number of β-amino-alcohol motifs (C(OH)–C–C–N with tert-alkyl or cyclic N) is 1. The highest BCUT2D eigenvalue weighted by atomic mass is 16.5. The van der Waals surface area contributed by atoms with Crippen molar-refractivity contribution in [2.24, 2.45) is 0 Å². The summed E-state index contributed by atoms with van der Waals surface area (Å²) >= 11 is 0. The number of aliphatic hydroxyl groups is 1. The molecular weight excluding hydrogens is 174 g/mol. The molecule has 1 N–H and O–H groups in total. The van der Waals surface area contributed by atoms with Gasteiger partial charge in [0.1, 0.15) is 0 Å². The highest BCUT2D eigenvalue weighted by Gasteiger charge is 2.20. The van der Waals surface area contributed by atoms with Crippen LogP contribution in [0.3, 0.4) is 0 Å². The molecule has 0 amide bonds. The highest BCUT2D eigenvalue weighted by molar-refractivity contribution is 5.74. The van der Waals surface area contributed by atoms with E-state index in [9.17, 15) is 9.90 Å². The molecule has 13 heavy (non-hydrogen) atoms. The maximum atomic E-state index is 10.9. The molecule has 1 heterocycles. The van der Waals surface area contributed by atoms with E-state index in [1.807, 2.05) is 4.90 Å². The lowest BCUT2D eigenvalue weighted by molar-refractivity contribution is -0.151. The first-order valence-electron chi connectivity index (χ1n) is 4.30. The third-order valence-electron chi connectivity index (χ3n) is 2.01. The topological polar surface area (TPSA) is 59.0 Å². The van der Waals surface area contributed by atoms with Gasteiger partial charge in [-0.3, -0.25) is 4.90 Å². The molecule has 1 rings (SSSR count). The second kappa shape index (κ2) is 5.16. The van der Waals surface area contributed by atoms with Crippen LogP contribution in [-0.2, 0) is 14.3 Å². The van der Waals surface area contributed by atoms with Gasteiger partial charge in [-0.25, -0.2) is 4.79 Å². The molecule has 1 aliphatic heterocycles. The van der Waals surface area contributed by atoms with E-state index in [0.717, 1.165) is 13.1 Å². The molecule has 1 atom stereocenters. The van der Waals surface area contributed by atoms with Crippen molar-refractivity contribution in [2.75, 3.05) is 40.0 Å². The first-order chi connectivity index (χ1) is 6.24. The number of aliphatic hydroxyl groups excluding tert-OH is 1. The van der Waals surface area contributed by atoms with Crippen molar-refractivity contribution < 1.29 is 19.4 Å². The second-order valence-electron chi connectivity index (χ2n) is 2.95. The Bertz CT molecular complexity index is 168. The van der Waals surface area contributed by atoms with Crippen LogP contribution in [0.5, 0.6) is 0 Å². The largest absolute Gasteiger partial charge is 0.467 e. The van der Waals surface area contributed by atoms with Crippen molar-refractivity contribution in [1.82, 2.24) is 4.90 Å². The van der Waals surface area contributed by atoms with Gasteiger partial charge >= 0.3 is 5.97 Å². The molecule has 0 aromatic rings. The van der Waals surface area contributed by atoms with Gasteiger partial charge < -0.3 is 14.6 Å². The number of carbonyl (C=O) groups is 1. The molecule has 0 spiro atoms. The third-order valence-corrected chi connectivity index (χ3v) is 2.01. The van der Waals surface area contributed by atoms with Gasteiger partial charge in [-0.05, 0) is 0 Å². The Kier molecular flexibility index (Phi) is 4.14. The summed E-state index contributed by atoms with van der Waals surface area (Å²) in [5.41, 5.74) is 0. The van der Waals surface area contributed by atoms with Crippen molar-refractivity contribution in [2.45, 2.75) is 6.10 Å². The predicted molar refractivity (Wildman–Crippen MR) is 45.3 cm³/mol. The first kappa shape index (κ1) is 10.4.